The average Bonchev–Trinajstić information content (AvgIpc) is 3.27. The van der Waals surface area contributed by atoms with Crippen molar-refractivity contribution in [2.24, 2.45) is 0 Å². The zero-order chi connectivity index (χ0) is 24.6. The zero-order valence-electron chi connectivity index (χ0n) is 17.2. The molecular weight excluding hydrogens is 489 g/mol. The fourth-order valence-electron chi connectivity index (χ4n) is 3.26. The standard InChI is InChI=1S/C22H13Cl2N3O7/c1-33-17-7-5-11(27(31)32)9-13(17)18-8-6-12(34-18)10-14-20(28)25-22(30)26(21(14)29)16-4-2-3-15(23)19(16)24/h2-10H,1H3,(H,25,28,30)/b14-10+. The van der Waals surface area contributed by atoms with E-state index >= 15 is 0 Å². The Morgan fingerprint density at radius 3 is 2.59 bits per heavy atom. The lowest BCUT2D eigenvalue weighted by Gasteiger charge is -2.27. The Bertz CT molecular complexity index is 1400. The molecule has 0 radical (unpaired) electrons. The lowest BCUT2D eigenvalue weighted by molar-refractivity contribution is -0.384. The van der Waals surface area contributed by atoms with E-state index in [9.17, 15) is 24.5 Å². The molecular formula is C22H13Cl2N3O7. The van der Waals surface area contributed by atoms with E-state index in [1.165, 1.54) is 55.6 Å². The highest BCUT2D eigenvalue weighted by molar-refractivity contribution is 6.46. The van der Waals surface area contributed by atoms with Crippen molar-refractivity contribution in [3.05, 3.63) is 80.0 Å². The predicted molar refractivity (Wildman–Crippen MR) is 123 cm³/mol. The van der Waals surface area contributed by atoms with Crippen molar-refractivity contribution in [1.82, 2.24) is 5.32 Å². The van der Waals surface area contributed by atoms with Crippen LogP contribution in [0.4, 0.5) is 16.2 Å². The van der Waals surface area contributed by atoms with Gasteiger partial charge >= 0.3 is 6.03 Å². The van der Waals surface area contributed by atoms with Gasteiger partial charge in [-0.1, -0.05) is 29.3 Å². The van der Waals surface area contributed by atoms with Crippen molar-refractivity contribution in [2.75, 3.05) is 12.0 Å². The molecule has 0 bridgehead atoms. The van der Waals surface area contributed by atoms with Crippen molar-refractivity contribution in [1.29, 1.82) is 0 Å². The second-order valence-electron chi connectivity index (χ2n) is 6.87. The Morgan fingerprint density at radius 2 is 1.88 bits per heavy atom. The molecule has 4 rings (SSSR count). The van der Waals surface area contributed by atoms with E-state index in [0.29, 0.717) is 16.2 Å². The highest BCUT2D eigenvalue weighted by atomic mass is 35.5. The Morgan fingerprint density at radius 1 is 1.12 bits per heavy atom. The van der Waals surface area contributed by atoms with Crippen LogP contribution in [0.15, 0.2) is 58.5 Å². The van der Waals surface area contributed by atoms with Gasteiger partial charge in [-0.25, -0.2) is 9.69 Å². The summed E-state index contributed by atoms with van der Waals surface area (Å²) in [7, 11) is 1.40. The summed E-state index contributed by atoms with van der Waals surface area (Å²) in [4.78, 5) is 49.1. The number of nitro groups is 1. The SMILES string of the molecule is COc1ccc([N+](=O)[O-])cc1-c1ccc(/C=C2\C(=O)NC(=O)N(c3cccc(Cl)c3Cl)C2=O)o1. The van der Waals surface area contributed by atoms with Gasteiger partial charge in [0.05, 0.1) is 33.3 Å². The van der Waals surface area contributed by atoms with Crippen LogP contribution in [-0.2, 0) is 9.59 Å². The van der Waals surface area contributed by atoms with E-state index < -0.39 is 28.3 Å². The molecule has 172 valence electrons. The quantitative estimate of drug-likeness (QED) is 0.229. The van der Waals surface area contributed by atoms with Crippen molar-refractivity contribution in [3.8, 4) is 17.1 Å². The molecule has 1 N–H and O–H groups in total. The number of ether oxygens (including phenoxy) is 1. The molecule has 1 aliphatic heterocycles. The number of anilines is 1. The van der Waals surface area contributed by atoms with Gasteiger partial charge in [-0.3, -0.25) is 25.0 Å². The lowest BCUT2D eigenvalue weighted by atomic mass is 10.1. The summed E-state index contributed by atoms with van der Waals surface area (Å²) in [5, 5.41) is 13.3. The topological polar surface area (TPSA) is 132 Å². The van der Waals surface area contributed by atoms with Gasteiger partial charge in [0.2, 0.25) is 0 Å². The average molecular weight is 502 g/mol. The molecule has 0 spiro atoms. The van der Waals surface area contributed by atoms with Gasteiger partial charge in [-0.15, -0.1) is 0 Å². The fourth-order valence-corrected chi connectivity index (χ4v) is 3.64. The third-order valence-electron chi connectivity index (χ3n) is 4.85. The van der Waals surface area contributed by atoms with Crippen LogP contribution in [0.2, 0.25) is 10.0 Å². The fraction of sp³-hybridized carbons (Fsp3) is 0.0455. The maximum atomic E-state index is 13.0. The molecule has 1 fully saturated rings. The first-order valence-electron chi connectivity index (χ1n) is 9.49. The van der Waals surface area contributed by atoms with Gasteiger partial charge in [0.1, 0.15) is 22.8 Å². The van der Waals surface area contributed by atoms with Crippen LogP contribution >= 0.6 is 23.2 Å². The van der Waals surface area contributed by atoms with Crippen LogP contribution in [0.1, 0.15) is 5.76 Å². The maximum Gasteiger partial charge on any atom is 0.336 e. The number of urea groups is 1. The largest absolute Gasteiger partial charge is 0.496 e. The summed E-state index contributed by atoms with van der Waals surface area (Å²) in [5.74, 6) is -1.28. The first-order valence-corrected chi connectivity index (χ1v) is 10.2. The molecule has 0 saturated carbocycles. The van der Waals surface area contributed by atoms with E-state index in [-0.39, 0.29) is 32.9 Å². The summed E-state index contributed by atoms with van der Waals surface area (Å²) in [6.07, 6.45) is 1.14. The number of non-ortho nitro benzene ring substituents is 1. The second-order valence-corrected chi connectivity index (χ2v) is 7.66. The summed E-state index contributed by atoms with van der Waals surface area (Å²) < 4.78 is 10.9. The van der Waals surface area contributed by atoms with Crippen LogP contribution in [0, 0.1) is 10.1 Å². The zero-order valence-corrected chi connectivity index (χ0v) is 18.7. The van der Waals surface area contributed by atoms with Crippen LogP contribution < -0.4 is 15.0 Å². The lowest BCUT2D eigenvalue weighted by Crippen LogP contribution is -2.54. The van der Waals surface area contributed by atoms with Gasteiger partial charge in [0.15, 0.2) is 0 Å². The number of carbonyl (C=O) groups excluding carboxylic acids is 3. The minimum atomic E-state index is -0.988. The van der Waals surface area contributed by atoms with Gasteiger partial charge in [0, 0.05) is 12.1 Å². The van der Waals surface area contributed by atoms with E-state index in [4.69, 9.17) is 32.4 Å². The monoisotopic (exact) mass is 501 g/mol. The summed E-state index contributed by atoms with van der Waals surface area (Å²) >= 11 is 12.1. The molecule has 1 saturated heterocycles. The number of furan rings is 1. The molecule has 0 unspecified atom stereocenters. The number of nitrogens with zero attached hydrogens (tertiary/aromatic N) is 2. The Balaban J connectivity index is 1.73. The number of barbiturate groups is 1. The van der Waals surface area contributed by atoms with E-state index in [2.05, 4.69) is 5.32 Å². The van der Waals surface area contributed by atoms with Crippen LogP contribution in [0.25, 0.3) is 17.4 Å². The highest BCUT2D eigenvalue weighted by Crippen LogP contribution is 2.36. The number of carbonyl (C=O) groups is 3. The minimum absolute atomic E-state index is 0.00321. The number of nitrogens with one attached hydrogen (secondary N) is 1. The normalized spacial score (nSPS) is 15.0. The molecule has 1 aliphatic rings. The number of hydrogen-bond donors (Lipinski definition) is 1. The van der Waals surface area contributed by atoms with Crippen molar-refractivity contribution < 1.29 is 28.5 Å². The highest BCUT2D eigenvalue weighted by Gasteiger charge is 2.38. The molecule has 0 aliphatic carbocycles. The molecule has 10 nitrogen and oxygen atoms in total. The summed E-state index contributed by atoms with van der Waals surface area (Å²) in [6.45, 7) is 0. The molecule has 3 aromatic rings. The van der Waals surface area contributed by atoms with E-state index in [0.717, 1.165) is 6.08 Å². The van der Waals surface area contributed by atoms with E-state index in [1.54, 1.807) is 0 Å². The minimum Gasteiger partial charge on any atom is -0.496 e. The number of halogens is 2. The van der Waals surface area contributed by atoms with Crippen LogP contribution in [0.5, 0.6) is 5.75 Å². The van der Waals surface area contributed by atoms with Gasteiger partial charge in [-0.2, -0.15) is 0 Å². The molecule has 2 heterocycles. The Hall–Kier alpha value is -4.15. The molecule has 0 atom stereocenters. The smallest absolute Gasteiger partial charge is 0.336 e. The first kappa shape index (κ1) is 23.0. The Kier molecular flexibility index (Phi) is 6.10. The summed E-state index contributed by atoms with van der Waals surface area (Å²) in [6, 6.07) is 10.3. The summed E-state index contributed by atoms with van der Waals surface area (Å²) in [5.41, 5.74) is -0.288. The molecule has 2 aromatic carbocycles. The van der Waals surface area contributed by atoms with Crippen LogP contribution in [-0.4, -0.2) is 29.9 Å². The third-order valence-corrected chi connectivity index (χ3v) is 5.66. The van der Waals surface area contributed by atoms with Gasteiger partial charge < -0.3 is 9.15 Å². The number of benzene rings is 2. The first-order chi connectivity index (χ1) is 16.2. The predicted octanol–water partition coefficient (Wildman–Crippen LogP) is 4.84. The van der Waals surface area contributed by atoms with Crippen molar-refractivity contribution in [2.45, 2.75) is 0 Å². The number of nitro benzene ring substituents is 1. The van der Waals surface area contributed by atoms with Crippen molar-refractivity contribution >= 4 is 58.5 Å². The number of hydrogen-bond acceptors (Lipinski definition) is 7. The number of methoxy groups -OCH3 is 1. The maximum absolute atomic E-state index is 13.0. The molecule has 34 heavy (non-hydrogen) atoms. The number of imide groups is 2. The van der Waals surface area contributed by atoms with E-state index in [1.807, 2.05) is 0 Å². The Labute approximate surface area is 201 Å². The van der Waals surface area contributed by atoms with Crippen LogP contribution in [0.3, 0.4) is 0 Å². The molecule has 12 heteroatoms. The van der Waals surface area contributed by atoms with Gasteiger partial charge in [0.25, 0.3) is 17.5 Å². The second kappa shape index (κ2) is 9.00. The van der Waals surface area contributed by atoms with Crippen molar-refractivity contribution in [3.63, 3.8) is 0 Å². The third kappa shape index (κ3) is 4.12. The number of rotatable bonds is 5. The molecule has 4 amide bonds. The van der Waals surface area contributed by atoms with Gasteiger partial charge in [-0.05, 0) is 36.4 Å². The number of amides is 4. The molecule has 1 aromatic heterocycles.